The molecule has 130 valence electrons. The highest BCUT2D eigenvalue weighted by Gasteiger charge is 2.10. The Morgan fingerprint density at radius 1 is 1.36 bits per heavy atom. The summed E-state index contributed by atoms with van der Waals surface area (Å²) in [5, 5.41) is 3.53. The molecule has 0 atom stereocenters. The number of nitrogens with one attached hydrogen (secondary N) is 3. The summed E-state index contributed by atoms with van der Waals surface area (Å²) in [5.74, 6) is 0.395. The number of aromatic nitrogens is 3. The number of hydrogen-bond donors (Lipinski definition) is 3. The Hall–Kier alpha value is -2.45. The predicted octanol–water partition coefficient (Wildman–Crippen LogP) is 2.95. The van der Waals surface area contributed by atoms with E-state index >= 15 is 0 Å². The van der Waals surface area contributed by atoms with Gasteiger partial charge >= 0.3 is 0 Å². The third-order valence-corrected chi connectivity index (χ3v) is 4.55. The Morgan fingerprint density at radius 2 is 2.16 bits per heavy atom. The zero-order valence-electron chi connectivity index (χ0n) is 13.5. The number of aromatic amines is 2. The van der Waals surface area contributed by atoms with Gasteiger partial charge in [0.05, 0.1) is 23.4 Å². The number of rotatable bonds is 5. The van der Waals surface area contributed by atoms with Gasteiger partial charge in [0.25, 0.3) is 5.56 Å². The van der Waals surface area contributed by atoms with Crippen molar-refractivity contribution >= 4 is 46.0 Å². The van der Waals surface area contributed by atoms with Gasteiger partial charge in [-0.15, -0.1) is 0 Å². The zero-order chi connectivity index (χ0) is 18.0. The molecule has 0 aliphatic rings. The summed E-state index contributed by atoms with van der Waals surface area (Å²) in [4.78, 5) is 34.0. The molecule has 7 nitrogen and oxygen atoms in total. The van der Waals surface area contributed by atoms with Gasteiger partial charge in [-0.2, -0.15) is 0 Å². The number of aryl methyl sites for hydroxylation is 1. The highest BCUT2D eigenvalue weighted by molar-refractivity contribution is 7.99. The van der Waals surface area contributed by atoms with Crippen molar-refractivity contribution in [2.75, 3.05) is 18.2 Å². The molecule has 0 spiro atoms. The Labute approximate surface area is 152 Å². The van der Waals surface area contributed by atoms with Crippen LogP contribution in [0.3, 0.4) is 0 Å². The van der Waals surface area contributed by atoms with Gasteiger partial charge < -0.3 is 15.0 Å². The molecule has 2 aromatic heterocycles. The van der Waals surface area contributed by atoms with E-state index in [-0.39, 0.29) is 17.2 Å². The summed E-state index contributed by atoms with van der Waals surface area (Å²) in [7, 11) is 1.52. The smallest absolute Gasteiger partial charge is 0.275 e. The fourth-order valence-electron chi connectivity index (χ4n) is 2.28. The number of fused-ring (bicyclic) bond motifs is 1. The third kappa shape index (κ3) is 3.97. The summed E-state index contributed by atoms with van der Waals surface area (Å²) in [6.45, 7) is 1.85. The molecule has 0 unspecified atom stereocenters. The summed E-state index contributed by atoms with van der Waals surface area (Å²) >= 11 is 7.17. The highest BCUT2D eigenvalue weighted by atomic mass is 35.5. The number of benzene rings is 1. The number of carbonyl (C=O) groups excluding carboxylic acids is 1. The summed E-state index contributed by atoms with van der Waals surface area (Å²) in [6.07, 6.45) is 0. The lowest BCUT2D eigenvalue weighted by atomic mass is 10.3. The van der Waals surface area contributed by atoms with Crippen LogP contribution in [0, 0.1) is 6.92 Å². The van der Waals surface area contributed by atoms with Crippen LogP contribution < -0.4 is 15.6 Å². The Morgan fingerprint density at radius 3 is 2.88 bits per heavy atom. The second-order valence-electron chi connectivity index (χ2n) is 5.27. The van der Waals surface area contributed by atoms with Crippen molar-refractivity contribution in [3.05, 3.63) is 45.3 Å². The number of hydrogen-bond acceptors (Lipinski definition) is 5. The lowest BCUT2D eigenvalue weighted by molar-refractivity contribution is -0.113. The van der Waals surface area contributed by atoms with Gasteiger partial charge in [-0.3, -0.25) is 14.6 Å². The van der Waals surface area contributed by atoms with Gasteiger partial charge in [-0.25, -0.2) is 4.98 Å². The SMILES string of the molecule is COc1ccc(NC(=O)CSc2nc3cc(C)[nH]c3c(=O)[nH]2)cc1Cl. The van der Waals surface area contributed by atoms with Gasteiger partial charge in [-0.05, 0) is 31.2 Å². The van der Waals surface area contributed by atoms with Crippen molar-refractivity contribution in [1.29, 1.82) is 0 Å². The number of ether oxygens (including phenoxy) is 1. The average Bonchev–Trinajstić information content (AvgIpc) is 2.94. The van der Waals surface area contributed by atoms with Crippen LogP contribution in [0.5, 0.6) is 5.75 Å². The molecule has 0 saturated heterocycles. The number of H-pyrrole nitrogens is 2. The minimum atomic E-state index is -0.261. The van der Waals surface area contributed by atoms with Crippen molar-refractivity contribution in [1.82, 2.24) is 15.0 Å². The molecule has 0 aliphatic heterocycles. The third-order valence-electron chi connectivity index (χ3n) is 3.38. The number of thioether (sulfide) groups is 1. The molecule has 25 heavy (non-hydrogen) atoms. The first-order chi connectivity index (χ1) is 12.0. The van der Waals surface area contributed by atoms with E-state index in [4.69, 9.17) is 16.3 Å². The first kappa shape index (κ1) is 17.4. The molecule has 1 amide bonds. The van der Waals surface area contributed by atoms with Crippen molar-refractivity contribution in [2.45, 2.75) is 12.1 Å². The molecule has 9 heteroatoms. The maximum absolute atomic E-state index is 12.1. The fraction of sp³-hybridized carbons (Fsp3) is 0.188. The topological polar surface area (TPSA) is 99.9 Å². The second kappa shape index (κ2) is 7.20. The average molecular weight is 379 g/mol. The predicted molar refractivity (Wildman–Crippen MR) is 98.8 cm³/mol. The maximum atomic E-state index is 12.1. The number of carbonyl (C=O) groups is 1. The second-order valence-corrected chi connectivity index (χ2v) is 6.64. The van der Waals surface area contributed by atoms with Gasteiger partial charge in [0.2, 0.25) is 5.91 Å². The van der Waals surface area contributed by atoms with Crippen LogP contribution in [0.15, 0.2) is 34.2 Å². The Bertz CT molecular complexity index is 999. The van der Waals surface area contributed by atoms with E-state index in [2.05, 4.69) is 20.3 Å². The number of methoxy groups -OCH3 is 1. The van der Waals surface area contributed by atoms with Crippen molar-refractivity contribution in [2.24, 2.45) is 0 Å². The molecule has 0 bridgehead atoms. The van der Waals surface area contributed by atoms with Crippen LogP contribution in [0.4, 0.5) is 5.69 Å². The normalized spacial score (nSPS) is 10.8. The molecule has 0 fully saturated rings. The van der Waals surface area contributed by atoms with Crippen molar-refractivity contribution in [3.8, 4) is 5.75 Å². The summed E-state index contributed by atoms with van der Waals surface area (Å²) in [5.41, 5.74) is 2.16. The molecule has 3 rings (SSSR count). The lowest BCUT2D eigenvalue weighted by Crippen LogP contribution is -2.15. The van der Waals surface area contributed by atoms with Crippen LogP contribution in [0.2, 0.25) is 5.02 Å². The van der Waals surface area contributed by atoms with Crippen molar-refractivity contribution in [3.63, 3.8) is 0 Å². The monoisotopic (exact) mass is 378 g/mol. The van der Waals surface area contributed by atoms with Gasteiger partial charge in [0, 0.05) is 11.4 Å². The minimum Gasteiger partial charge on any atom is -0.495 e. The van der Waals surface area contributed by atoms with Crippen LogP contribution in [0.25, 0.3) is 11.0 Å². The van der Waals surface area contributed by atoms with Crippen LogP contribution in [-0.2, 0) is 4.79 Å². The highest BCUT2D eigenvalue weighted by Crippen LogP contribution is 2.27. The van der Waals surface area contributed by atoms with E-state index < -0.39 is 0 Å². The zero-order valence-corrected chi connectivity index (χ0v) is 15.0. The lowest BCUT2D eigenvalue weighted by Gasteiger charge is -2.07. The van der Waals surface area contributed by atoms with E-state index in [1.165, 1.54) is 7.11 Å². The quantitative estimate of drug-likeness (QED) is 0.468. The van der Waals surface area contributed by atoms with Crippen LogP contribution in [0.1, 0.15) is 5.69 Å². The van der Waals surface area contributed by atoms with Gasteiger partial charge in [-0.1, -0.05) is 23.4 Å². The summed E-state index contributed by atoms with van der Waals surface area (Å²) in [6, 6.07) is 6.76. The van der Waals surface area contributed by atoms with E-state index in [0.717, 1.165) is 17.5 Å². The van der Waals surface area contributed by atoms with E-state index in [9.17, 15) is 9.59 Å². The van der Waals surface area contributed by atoms with E-state index in [1.807, 2.05) is 6.92 Å². The number of halogens is 1. The molecule has 0 saturated carbocycles. The van der Waals surface area contributed by atoms with Crippen molar-refractivity contribution < 1.29 is 9.53 Å². The maximum Gasteiger partial charge on any atom is 0.275 e. The Balaban J connectivity index is 1.66. The first-order valence-electron chi connectivity index (χ1n) is 7.32. The van der Waals surface area contributed by atoms with E-state index in [0.29, 0.717) is 32.6 Å². The minimum absolute atomic E-state index is 0.0987. The molecular weight excluding hydrogens is 364 g/mol. The molecule has 0 radical (unpaired) electrons. The molecule has 2 heterocycles. The van der Waals surface area contributed by atoms with Crippen LogP contribution >= 0.6 is 23.4 Å². The number of anilines is 1. The molecule has 3 N–H and O–H groups in total. The molecule has 0 aliphatic carbocycles. The van der Waals surface area contributed by atoms with Gasteiger partial charge in [0.15, 0.2) is 5.16 Å². The largest absolute Gasteiger partial charge is 0.495 e. The first-order valence-corrected chi connectivity index (χ1v) is 8.68. The number of nitrogens with zero attached hydrogens (tertiary/aromatic N) is 1. The molecular formula is C16H15ClN4O3S. The summed E-state index contributed by atoms with van der Waals surface area (Å²) < 4.78 is 5.07. The fourth-order valence-corrected chi connectivity index (χ4v) is 3.20. The van der Waals surface area contributed by atoms with Crippen LogP contribution in [-0.4, -0.2) is 33.7 Å². The van der Waals surface area contributed by atoms with E-state index in [1.54, 1.807) is 24.3 Å². The van der Waals surface area contributed by atoms with Gasteiger partial charge in [0.1, 0.15) is 11.3 Å². The molecule has 3 aromatic rings. The Kier molecular flexibility index (Phi) is 5.00. The molecule has 1 aromatic carbocycles. The number of amides is 1. The standard InChI is InChI=1S/C16H15ClN4O3S/c1-8-5-11-14(18-8)15(23)21-16(20-11)25-7-13(22)19-9-3-4-12(24-2)10(17)6-9/h3-6,18H,7H2,1-2H3,(H,19,22)(H,20,21,23).